The van der Waals surface area contributed by atoms with E-state index in [1.54, 1.807) is 0 Å². The standard InChI is InChI=1S/C19H39NO/c1-6-8-12-20(13-9-7-2)15-16-14-17(19(3,4)5)10-11-18(16)21/h16-18,21H,6-15H2,1-5H3/t16-,17+,18-/m0/s1. The van der Waals surface area contributed by atoms with Crippen LogP contribution in [0.4, 0.5) is 0 Å². The predicted octanol–water partition coefficient (Wildman–Crippen LogP) is 4.71. The normalized spacial score (nSPS) is 27.3. The Bertz CT molecular complexity index is 263. The Morgan fingerprint density at radius 3 is 2.05 bits per heavy atom. The highest BCUT2D eigenvalue weighted by molar-refractivity contribution is 4.87. The van der Waals surface area contributed by atoms with Gasteiger partial charge in [0.1, 0.15) is 0 Å². The monoisotopic (exact) mass is 297 g/mol. The van der Waals surface area contributed by atoms with Crippen LogP contribution in [0.5, 0.6) is 0 Å². The summed E-state index contributed by atoms with van der Waals surface area (Å²) >= 11 is 0. The molecule has 0 bridgehead atoms. The van der Waals surface area contributed by atoms with E-state index < -0.39 is 0 Å². The van der Waals surface area contributed by atoms with Crippen molar-refractivity contribution in [1.29, 1.82) is 0 Å². The molecule has 0 heterocycles. The van der Waals surface area contributed by atoms with Crippen molar-refractivity contribution in [3.8, 4) is 0 Å². The molecule has 0 aliphatic heterocycles. The van der Waals surface area contributed by atoms with Gasteiger partial charge in [-0.1, -0.05) is 47.5 Å². The Morgan fingerprint density at radius 2 is 1.57 bits per heavy atom. The van der Waals surface area contributed by atoms with Gasteiger partial charge >= 0.3 is 0 Å². The zero-order chi connectivity index (χ0) is 15.9. The van der Waals surface area contributed by atoms with Gasteiger partial charge in [-0.15, -0.1) is 0 Å². The summed E-state index contributed by atoms with van der Waals surface area (Å²) in [5.41, 5.74) is 0.385. The minimum atomic E-state index is -0.0747. The lowest BCUT2D eigenvalue weighted by Gasteiger charge is -2.41. The Morgan fingerprint density at radius 1 is 1.00 bits per heavy atom. The summed E-state index contributed by atoms with van der Waals surface area (Å²) in [5.74, 6) is 1.25. The molecule has 0 saturated heterocycles. The van der Waals surface area contributed by atoms with Crippen LogP contribution in [0.1, 0.15) is 79.6 Å². The van der Waals surface area contributed by atoms with Gasteiger partial charge in [0.15, 0.2) is 0 Å². The van der Waals surface area contributed by atoms with Crippen LogP contribution in [-0.4, -0.2) is 35.7 Å². The van der Waals surface area contributed by atoms with E-state index in [0.717, 1.165) is 18.9 Å². The molecule has 1 saturated carbocycles. The third-order valence-electron chi connectivity index (χ3n) is 5.32. The molecule has 126 valence electrons. The molecule has 2 nitrogen and oxygen atoms in total. The Balaban J connectivity index is 2.57. The summed E-state index contributed by atoms with van der Waals surface area (Å²) in [6, 6.07) is 0. The van der Waals surface area contributed by atoms with Crippen molar-refractivity contribution in [3.63, 3.8) is 0 Å². The molecule has 1 rings (SSSR count). The lowest BCUT2D eigenvalue weighted by molar-refractivity contribution is 0.00291. The van der Waals surface area contributed by atoms with E-state index >= 15 is 0 Å². The molecule has 0 amide bonds. The van der Waals surface area contributed by atoms with Gasteiger partial charge < -0.3 is 10.0 Å². The highest BCUT2D eigenvalue weighted by atomic mass is 16.3. The number of hydrogen-bond donors (Lipinski definition) is 1. The molecular weight excluding hydrogens is 258 g/mol. The number of rotatable bonds is 8. The highest BCUT2D eigenvalue weighted by Gasteiger charge is 2.35. The summed E-state index contributed by atoms with van der Waals surface area (Å²) in [4.78, 5) is 2.62. The molecule has 21 heavy (non-hydrogen) atoms. The molecule has 3 atom stereocenters. The third kappa shape index (κ3) is 6.69. The molecule has 0 aromatic heterocycles. The molecule has 1 aliphatic carbocycles. The van der Waals surface area contributed by atoms with Crippen molar-refractivity contribution in [2.24, 2.45) is 17.3 Å². The zero-order valence-electron chi connectivity index (χ0n) is 15.2. The Kier molecular flexibility index (Phi) is 8.26. The fourth-order valence-corrected chi connectivity index (χ4v) is 3.62. The summed E-state index contributed by atoms with van der Waals surface area (Å²) in [6.45, 7) is 15.1. The largest absolute Gasteiger partial charge is 0.393 e. The van der Waals surface area contributed by atoms with Gasteiger partial charge in [0.05, 0.1) is 6.10 Å². The van der Waals surface area contributed by atoms with E-state index in [1.807, 2.05) is 0 Å². The first-order chi connectivity index (χ1) is 9.88. The third-order valence-corrected chi connectivity index (χ3v) is 5.32. The first kappa shape index (κ1) is 19.0. The maximum Gasteiger partial charge on any atom is 0.0580 e. The number of hydrogen-bond acceptors (Lipinski definition) is 2. The molecule has 1 aliphatic rings. The van der Waals surface area contributed by atoms with Crippen LogP contribution in [0.15, 0.2) is 0 Å². The number of aliphatic hydroxyl groups is 1. The van der Waals surface area contributed by atoms with Crippen LogP contribution in [0.2, 0.25) is 0 Å². The van der Waals surface area contributed by atoms with Gasteiger partial charge in [-0.05, 0) is 62.4 Å². The van der Waals surface area contributed by atoms with Crippen molar-refractivity contribution < 1.29 is 5.11 Å². The average molecular weight is 298 g/mol. The van der Waals surface area contributed by atoms with Gasteiger partial charge in [0, 0.05) is 6.54 Å². The molecule has 0 aromatic carbocycles. The SMILES string of the molecule is CCCCN(CCCC)C[C@@H]1C[C@H](C(C)(C)C)CC[C@@H]1O. The fraction of sp³-hybridized carbons (Fsp3) is 1.00. The number of aliphatic hydroxyl groups excluding tert-OH is 1. The second-order valence-electron chi connectivity index (χ2n) is 8.21. The Hall–Kier alpha value is -0.0800. The van der Waals surface area contributed by atoms with Gasteiger partial charge in [0.2, 0.25) is 0 Å². The first-order valence-electron chi connectivity index (χ1n) is 9.28. The van der Waals surface area contributed by atoms with Crippen LogP contribution in [0, 0.1) is 17.3 Å². The van der Waals surface area contributed by atoms with Gasteiger partial charge in [0.25, 0.3) is 0 Å². The fourth-order valence-electron chi connectivity index (χ4n) is 3.62. The quantitative estimate of drug-likeness (QED) is 0.701. The summed E-state index contributed by atoms with van der Waals surface area (Å²) in [7, 11) is 0. The van der Waals surface area contributed by atoms with Crippen molar-refractivity contribution in [2.75, 3.05) is 19.6 Å². The maximum atomic E-state index is 10.4. The topological polar surface area (TPSA) is 23.5 Å². The second-order valence-corrected chi connectivity index (χ2v) is 8.21. The van der Waals surface area contributed by atoms with E-state index in [9.17, 15) is 5.11 Å². The minimum Gasteiger partial charge on any atom is -0.393 e. The van der Waals surface area contributed by atoms with E-state index in [2.05, 4.69) is 39.5 Å². The molecule has 1 fully saturated rings. The summed E-state index contributed by atoms with van der Waals surface area (Å²) < 4.78 is 0. The lowest BCUT2D eigenvalue weighted by atomic mass is 9.68. The van der Waals surface area contributed by atoms with Crippen LogP contribution in [0.25, 0.3) is 0 Å². The summed E-state index contributed by atoms with van der Waals surface area (Å²) in [5, 5.41) is 10.4. The first-order valence-corrected chi connectivity index (χ1v) is 9.28. The van der Waals surface area contributed by atoms with Crippen LogP contribution in [-0.2, 0) is 0 Å². The second kappa shape index (κ2) is 9.15. The predicted molar refractivity (Wildman–Crippen MR) is 92.5 cm³/mol. The van der Waals surface area contributed by atoms with Crippen LogP contribution >= 0.6 is 0 Å². The van der Waals surface area contributed by atoms with Crippen molar-refractivity contribution in [1.82, 2.24) is 4.90 Å². The van der Waals surface area contributed by atoms with E-state index in [4.69, 9.17) is 0 Å². The number of unbranched alkanes of at least 4 members (excludes halogenated alkanes) is 2. The van der Waals surface area contributed by atoms with Crippen molar-refractivity contribution in [3.05, 3.63) is 0 Å². The summed E-state index contributed by atoms with van der Waals surface area (Å²) in [6.07, 6.45) is 8.44. The molecular formula is C19H39NO. The van der Waals surface area contributed by atoms with Crippen molar-refractivity contribution in [2.45, 2.75) is 85.7 Å². The molecule has 2 heteroatoms. The van der Waals surface area contributed by atoms with Crippen molar-refractivity contribution >= 4 is 0 Å². The molecule has 0 spiro atoms. The van der Waals surface area contributed by atoms with Gasteiger partial charge in [-0.3, -0.25) is 0 Å². The van der Waals surface area contributed by atoms with Crippen LogP contribution in [0.3, 0.4) is 0 Å². The van der Waals surface area contributed by atoms with Gasteiger partial charge in [-0.2, -0.15) is 0 Å². The number of nitrogens with zero attached hydrogens (tertiary/aromatic N) is 1. The molecule has 0 unspecified atom stereocenters. The zero-order valence-corrected chi connectivity index (χ0v) is 15.2. The van der Waals surface area contributed by atoms with E-state index in [-0.39, 0.29) is 6.10 Å². The minimum absolute atomic E-state index is 0.0747. The smallest absolute Gasteiger partial charge is 0.0580 e. The van der Waals surface area contributed by atoms with Gasteiger partial charge in [-0.25, -0.2) is 0 Å². The molecule has 1 N–H and O–H groups in total. The lowest BCUT2D eigenvalue weighted by Crippen LogP contribution is -2.42. The van der Waals surface area contributed by atoms with E-state index in [0.29, 0.717) is 11.3 Å². The average Bonchev–Trinajstić information content (AvgIpc) is 2.42. The van der Waals surface area contributed by atoms with Crippen LogP contribution < -0.4 is 0 Å². The Labute approximate surface area is 133 Å². The molecule has 0 radical (unpaired) electrons. The maximum absolute atomic E-state index is 10.4. The molecule has 0 aromatic rings. The highest BCUT2D eigenvalue weighted by Crippen LogP contribution is 2.40. The van der Waals surface area contributed by atoms with E-state index in [1.165, 1.54) is 51.6 Å².